The summed E-state index contributed by atoms with van der Waals surface area (Å²) in [5, 5.41) is 2.88. The van der Waals surface area contributed by atoms with Crippen molar-refractivity contribution < 1.29 is 22.7 Å². The number of hydrogen-bond donors (Lipinski definition) is 1. The molecule has 9 heteroatoms. The fraction of sp³-hybridized carbons (Fsp3) is 0.400. The molecular weight excluding hydrogens is 514 g/mol. The zero-order valence-corrected chi connectivity index (χ0v) is 23.1. The average molecular weight is 550 g/mol. The van der Waals surface area contributed by atoms with Crippen LogP contribution in [0, 0.1) is 0 Å². The van der Waals surface area contributed by atoms with Crippen LogP contribution in [0.1, 0.15) is 56.9 Å². The number of hydrogen-bond acceptors (Lipinski definition) is 6. The number of carbonyl (C=O) groups is 1. The quantitative estimate of drug-likeness (QED) is 0.322. The Bertz CT molecular complexity index is 1400. The molecule has 0 bridgehead atoms. The highest BCUT2D eigenvalue weighted by Crippen LogP contribution is 2.33. The van der Waals surface area contributed by atoms with Crippen molar-refractivity contribution in [3.8, 4) is 22.8 Å². The molecule has 1 fully saturated rings. The maximum atomic E-state index is 13.1. The molecule has 2 heterocycles. The van der Waals surface area contributed by atoms with Gasteiger partial charge in [0.2, 0.25) is 22.7 Å². The fourth-order valence-electron chi connectivity index (χ4n) is 5.19. The van der Waals surface area contributed by atoms with Crippen LogP contribution in [0.25, 0.3) is 11.3 Å². The topological polar surface area (TPSA) is 97.8 Å². The zero-order chi connectivity index (χ0) is 27.2. The van der Waals surface area contributed by atoms with Crippen LogP contribution in [0.2, 0.25) is 0 Å². The number of carbonyl (C=O) groups excluding carboxylic acids is 1. The number of aromatic nitrogens is 1. The van der Waals surface area contributed by atoms with E-state index in [1.165, 1.54) is 10.7 Å². The number of pyridine rings is 1. The summed E-state index contributed by atoms with van der Waals surface area (Å²) >= 11 is 0. The Morgan fingerprint density at radius 3 is 2.54 bits per heavy atom. The average Bonchev–Trinajstić information content (AvgIpc) is 3.44. The van der Waals surface area contributed by atoms with E-state index in [0.29, 0.717) is 17.9 Å². The highest BCUT2D eigenvalue weighted by molar-refractivity contribution is 7.89. The Labute approximate surface area is 230 Å². The molecule has 0 unspecified atom stereocenters. The molecule has 8 nitrogen and oxygen atoms in total. The van der Waals surface area contributed by atoms with Crippen LogP contribution in [0.4, 0.5) is 5.82 Å². The van der Waals surface area contributed by atoms with Crippen LogP contribution < -0.4 is 14.8 Å². The van der Waals surface area contributed by atoms with E-state index in [4.69, 9.17) is 9.47 Å². The molecule has 206 valence electrons. The summed E-state index contributed by atoms with van der Waals surface area (Å²) in [6, 6.07) is 18.3. The van der Waals surface area contributed by atoms with E-state index in [1.54, 1.807) is 37.4 Å². The third-order valence-electron chi connectivity index (χ3n) is 7.49. The predicted molar refractivity (Wildman–Crippen MR) is 150 cm³/mol. The molecule has 39 heavy (non-hydrogen) atoms. The highest BCUT2D eigenvalue weighted by atomic mass is 32.2. The summed E-state index contributed by atoms with van der Waals surface area (Å²) in [6.45, 7) is 0.263. The van der Waals surface area contributed by atoms with E-state index in [1.807, 2.05) is 30.3 Å². The van der Waals surface area contributed by atoms with E-state index in [9.17, 15) is 13.2 Å². The number of unbranched alkanes of at least 4 members (excludes halogenated alkanes) is 1. The SMILES string of the molecule is CN(C1CCCCC1)S(=O)(=O)c1ccc(-c2cccc(NC(=O)CCCCc3ccc4c(c3)OCO4)n2)cc1. The Morgan fingerprint density at radius 2 is 1.74 bits per heavy atom. The van der Waals surface area contributed by atoms with Gasteiger partial charge < -0.3 is 14.8 Å². The summed E-state index contributed by atoms with van der Waals surface area (Å²) in [5.41, 5.74) is 2.61. The molecule has 0 spiro atoms. The van der Waals surface area contributed by atoms with Crippen LogP contribution >= 0.6 is 0 Å². The summed E-state index contributed by atoms with van der Waals surface area (Å²) in [4.78, 5) is 17.4. The largest absolute Gasteiger partial charge is 0.454 e. The van der Waals surface area contributed by atoms with Gasteiger partial charge in [0.25, 0.3) is 0 Å². The highest BCUT2D eigenvalue weighted by Gasteiger charge is 2.29. The van der Waals surface area contributed by atoms with Gasteiger partial charge in [0.1, 0.15) is 5.82 Å². The first-order valence-corrected chi connectivity index (χ1v) is 15.1. The number of ether oxygens (including phenoxy) is 2. The molecule has 1 aromatic heterocycles. The van der Waals surface area contributed by atoms with Crippen molar-refractivity contribution in [3.63, 3.8) is 0 Å². The lowest BCUT2D eigenvalue weighted by molar-refractivity contribution is -0.116. The molecule has 1 saturated carbocycles. The lowest BCUT2D eigenvalue weighted by Crippen LogP contribution is -2.38. The van der Waals surface area contributed by atoms with Gasteiger partial charge in [-0.3, -0.25) is 4.79 Å². The van der Waals surface area contributed by atoms with Crippen LogP contribution in [0.3, 0.4) is 0 Å². The number of nitrogens with one attached hydrogen (secondary N) is 1. The Balaban J connectivity index is 1.14. The standard InChI is InChI=1S/C30H35N3O5S/c1-33(24-9-3-2-4-10-24)39(35,36)25-17-15-23(16-18-25)26-11-7-12-29(31-26)32-30(34)13-6-5-8-22-14-19-27-28(20-22)38-21-37-27/h7,11-12,14-20,24H,2-6,8-10,13,21H2,1H3,(H,31,32,34). The summed E-state index contributed by atoms with van der Waals surface area (Å²) in [5.74, 6) is 1.94. The number of nitrogens with zero attached hydrogens (tertiary/aromatic N) is 2. The van der Waals surface area contributed by atoms with E-state index in [2.05, 4.69) is 10.3 Å². The van der Waals surface area contributed by atoms with Crippen molar-refractivity contribution in [3.05, 3.63) is 66.2 Å². The first-order chi connectivity index (χ1) is 18.9. The molecule has 2 aliphatic rings. The smallest absolute Gasteiger partial charge is 0.243 e. The maximum Gasteiger partial charge on any atom is 0.243 e. The van der Waals surface area contributed by atoms with E-state index in [-0.39, 0.29) is 23.6 Å². The second-order valence-electron chi connectivity index (χ2n) is 10.2. The van der Waals surface area contributed by atoms with Gasteiger partial charge >= 0.3 is 0 Å². The van der Waals surface area contributed by atoms with Gasteiger partial charge in [0.05, 0.1) is 10.6 Å². The van der Waals surface area contributed by atoms with Crippen molar-refractivity contribution in [1.82, 2.24) is 9.29 Å². The molecule has 1 aliphatic carbocycles. The Kier molecular flexibility index (Phi) is 8.47. The van der Waals surface area contributed by atoms with Gasteiger partial charge in [-0.05, 0) is 74.1 Å². The predicted octanol–water partition coefficient (Wildman–Crippen LogP) is 5.78. The minimum atomic E-state index is -3.55. The number of anilines is 1. The molecule has 5 rings (SSSR count). The maximum absolute atomic E-state index is 13.1. The first-order valence-electron chi connectivity index (χ1n) is 13.6. The van der Waals surface area contributed by atoms with Crippen molar-refractivity contribution in [2.24, 2.45) is 0 Å². The number of benzene rings is 2. The summed E-state index contributed by atoms with van der Waals surface area (Å²) in [6.07, 6.45) is 8.04. The normalized spacial score (nSPS) is 15.4. The number of amides is 1. The fourth-order valence-corrected chi connectivity index (χ4v) is 6.60. The summed E-state index contributed by atoms with van der Waals surface area (Å²) < 4.78 is 38.6. The van der Waals surface area contributed by atoms with Crippen molar-refractivity contribution in [2.75, 3.05) is 19.2 Å². The van der Waals surface area contributed by atoms with Crippen LogP contribution in [-0.4, -0.2) is 43.5 Å². The van der Waals surface area contributed by atoms with E-state index >= 15 is 0 Å². The molecule has 0 atom stereocenters. The first kappa shape index (κ1) is 27.1. The van der Waals surface area contributed by atoms with Gasteiger partial charge in [-0.25, -0.2) is 13.4 Å². The van der Waals surface area contributed by atoms with E-state index in [0.717, 1.165) is 67.6 Å². The molecular formula is C30H35N3O5S. The number of sulfonamides is 1. The second kappa shape index (κ2) is 12.2. The Morgan fingerprint density at radius 1 is 0.974 bits per heavy atom. The molecule has 0 radical (unpaired) electrons. The third-order valence-corrected chi connectivity index (χ3v) is 9.41. The van der Waals surface area contributed by atoms with Crippen molar-refractivity contribution in [1.29, 1.82) is 0 Å². The summed E-state index contributed by atoms with van der Waals surface area (Å²) in [7, 11) is -1.86. The van der Waals surface area contributed by atoms with Crippen molar-refractivity contribution >= 4 is 21.7 Å². The number of fused-ring (bicyclic) bond motifs is 1. The van der Waals surface area contributed by atoms with Gasteiger partial charge in [0, 0.05) is 25.1 Å². The zero-order valence-electron chi connectivity index (χ0n) is 22.3. The Hall–Kier alpha value is -3.43. The van der Waals surface area contributed by atoms with Gasteiger partial charge in [-0.15, -0.1) is 0 Å². The van der Waals surface area contributed by atoms with Crippen LogP contribution in [-0.2, 0) is 21.2 Å². The van der Waals surface area contributed by atoms with Crippen LogP contribution in [0.15, 0.2) is 65.6 Å². The van der Waals surface area contributed by atoms with Crippen molar-refractivity contribution in [2.45, 2.75) is 68.7 Å². The lowest BCUT2D eigenvalue weighted by Gasteiger charge is -2.30. The van der Waals surface area contributed by atoms with Gasteiger partial charge in [0.15, 0.2) is 11.5 Å². The van der Waals surface area contributed by atoms with Gasteiger partial charge in [-0.1, -0.05) is 43.5 Å². The third kappa shape index (κ3) is 6.59. The molecule has 2 aromatic carbocycles. The molecule has 0 saturated heterocycles. The molecule has 3 aromatic rings. The second-order valence-corrected chi connectivity index (χ2v) is 12.2. The molecule has 1 aliphatic heterocycles. The van der Waals surface area contributed by atoms with Gasteiger partial charge in [-0.2, -0.15) is 4.31 Å². The number of rotatable bonds is 10. The monoisotopic (exact) mass is 549 g/mol. The number of aryl methyl sites for hydroxylation is 1. The van der Waals surface area contributed by atoms with E-state index < -0.39 is 10.0 Å². The molecule has 1 N–H and O–H groups in total. The van der Waals surface area contributed by atoms with Crippen LogP contribution in [0.5, 0.6) is 11.5 Å². The lowest BCUT2D eigenvalue weighted by atomic mass is 9.96. The minimum Gasteiger partial charge on any atom is -0.454 e. The minimum absolute atomic E-state index is 0.0639. The molecule has 1 amide bonds.